The second-order valence-corrected chi connectivity index (χ2v) is 9.16. The largest absolute Gasteiger partial charge is 0.452 e. The van der Waals surface area contributed by atoms with E-state index in [2.05, 4.69) is 14.8 Å². The minimum absolute atomic E-state index is 0.0196. The maximum atomic E-state index is 12.9. The van der Waals surface area contributed by atoms with Crippen LogP contribution in [0.15, 0.2) is 71.6 Å². The van der Waals surface area contributed by atoms with Crippen LogP contribution < -0.4 is 14.9 Å². The van der Waals surface area contributed by atoms with Crippen LogP contribution in [0.1, 0.15) is 21.5 Å². The third kappa shape index (κ3) is 5.69. The van der Waals surface area contributed by atoms with Gasteiger partial charge in [0.1, 0.15) is 0 Å². The minimum Gasteiger partial charge on any atom is -0.452 e. The molecule has 3 aromatic rings. The van der Waals surface area contributed by atoms with Crippen LogP contribution in [0.2, 0.25) is 0 Å². The molecule has 0 aliphatic rings. The molecule has 0 bridgehead atoms. The molecule has 0 heterocycles. The summed E-state index contributed by atoms with van der Waals surface area (Å²) in [6, 6.07) is 18.0. The molecule has 0 atom stereocenters. The van der Waals surface area contributed by atoms with Crippen LogP contribution in [-0.4, -0.2) is 34.6 Å². The van der Waals surface area contributed by atoms with Gasteiger partial charge in [0.05, 0.1) is 12.0 Å². The molecule has 0 spiro atoms. The van der Waals surface area contributed by atoms with Crippen LogP contribution in [-0.2, 0) is 14.8 Å². The summed E-state index contributed by atoms with van der Waals surface area (Å²) in [6.45, 7) is 3.64. The quantitative estimate of drug-likeness (QED) is 0.553. The van der Waals surface area contributed by atoms with E-state index < -0.39 is 22.0 Å². The molecule has 9 heteroatoms. The van der Waals surface area contributed by atoms with E-state index in [1.54, 1.807) is 68.6 Å². The van der Waals surface area contributed by atoms with Gasteiger partial charge in [0, 0.05) is 29.7 Å². The number of carbonyl (C=O) groups is 2. The molecule has 172 valence electrons. The van der Waals surface area contributed by atoms with Crippen molar-refractivity contribution >= 4 is 39.1 Å². The molecule has 2 amide bonds. The van der Waals surface area contributed by atoms with Crippen LogP contribution >= 0.6 is 0 Å². The molecule has 0 aliphatic heterocycles. The molecule has 3 aromatic carbocycles. The molecule has 3 rings (SSSR count). The second-order valence-electron chi connectivity index (χ2n) is 7.48. The SMILES string of the molecule is COC(=O)N(C)c1ccc(NC(=O)c2cc(S(=O)(=O)Nc3ccc(C)cc3)ccc2C)cc1. The van der Waals surface area contributed by atoms with Crippen molar-refractivity contribution < 1.29 is 22.7 Å². The Morgan fingerprint density at radius 2 is 1.48 bits per heavy atom. The summed E-state index contributed by atoms with van der Waals surface area (Å²) in [5, 5.41) is 2.75. The van der Waals surface area contributed by atoms with Gasteiger partial charge in [-0.2, -0.15) is 0 Å². The number of nitrogens with one attached hydrogen (secondary N) is 2. The number of benzene rings is 3. The molecule has 0 radical (unpaired) electrons. The maximum Gasteiger partial charge on any atom is 0.413 e. The molecule has 0 aromatic heterocycles. The first kappa shape index (κ1) is 23.8. The molecule has 33 heavy (non-hydrogen) atoms. The Hall–Kier alpha value is -3.85. The molecule has 0 unspecified atom stereocenters. The zero-order valence-corrected chi connectivity index (χ0v) is 19.6. The fraction of sp³-hybridized carbons (Fsp3) is 0.167. The van der Waals surface area contributed by atoms with Gasteiger partial charge in [-0.3, -0.25) is 14.4 Å². The molecule has 0 saturated heterocycles. The van der Waals surface area contributed by atoms with Crippen LogP contribution in [0.3, 0.4) is 0 Å². The van der Waals surface area contributed by atoms with Crippen molar-refractivity contribution in [3.8, 4) is 0 Å². The highest BCUT2D eigenvalue weighted by molar-refractivity contribution is 7.92. The lowest BCUT2D eigenvalue weighted by molar-refractivity contribution is 0.102. The molecule has 0 saturated carbocycles. The Morgan fingerprint density at radius 1 is 0.879 bits per heavy atom. The number of hydrogen-bond acceptors (Lipinski definition) is 5. The normalized spacial score (nSPS) is 10.9. The van der Waals surface area contributed by atoms with E-state index in [1.165, 1.54) is 24.1 Å². The Morgan fingerprint density at radius 3 is 2.09 bits per heavy atom. The predicted octanol–water partition coefficient (Wildman–Crippen LogP) is 4.56. The number of anilines is 3. The van der Waals surface area contributed by atoms with Crippen LogP contribution in [0, 0.1) is 13.8 Å². The van der Waals surface area contributed by atoms with Gasteiger partial charge in [0.15, 0.2) is 0 Å². The van der Waals surface area contributed by atoms with E-state index in [1.807, 2.05) is 6.92 Å². The number of rotatable bonds is 6. The highest BCUT2D eigenvalue weighted by atomic mass is 32.2. The Labute approximate surface area is 193 Å². The number of ether oxygens (including phenoxy) is 1. The Kier molecular flexibility index (Phi) is 7.03. The zero-order valence-electron chi connectivity index (χ0n) is 18.7. The number of methoxy groups -OCH3 is 1. The Bertz CT molecular complexity index is 1270. The number of aryl methyl sites for hydroxylation is 2. The maximum absolute atomic E-state index is 12.9. The fourth-order valence-corrected chi connectivity index (χ4v) is 4.14. The standard InChI is InChI=1S/C24H25N3O5S/c1-16-5-8-19(9-6-16)26-33(30,31)21-14-7-17(2)22(15-21)23(28)25-18-10-12-20(13-11-18)27(3)24(29)32-4/h5-15,26H,1-4H3,(H,25,28). The highest BCUT2D eigenvalue weighted by Crippen LogP contribution is 2.22. The number of hydrogen-bond donors (Lipinski definition) is 2. The lowest BCUT2D eigenvalue weighted by atomic mass is 10.1. The molecule has 2 N–H and O–H groups in total. The van der Waals surface area contributed by atoms with Crippen molar-refractivity contribution in [1.82, 2.24) is 0 Å². The highest BCUT2D eigenvalue weighted by Gasteiger charge is 2.19. The van der Waals surface area contributed by atoms with E-state index in [9.17, 15) is 18.0 Å². The lowest BCUT2D eigenvalue weighted by Crippen LogP contribution is -2.25. The van der Waals surface area contributed by atoms with E-state index >= 15 is 0 Å². The van der Waals surface area contributed by atoms with Gasteiger partial charge in [0.25, 0.3) is 15.9 Å². The van der Waals surface area contributed by atoms with Crippen LogP contribution in [0.25, 0.3) is 0 Å². The van der Waals surface area contributed by atoms with E-state index in [0.717, 1.165) is 5.56 Å². The van der Waals surface area contributed by atoms with Gasteiger partial charge in [-0.1, -0.05) is 23.8 Å². The number of sulfonamides is 1. The van der Waals surface area contributed by atoms with E-state index in [-0.39, 0.29) is 10.5 Å². The van der Waals surface area contributed by atoms with E-state index in [4.69, 9.17) is 0 Å². The average Bonchev–Trinajstić information content (AvgIpc) is 2.80. The first-order valence-corrected chi connectivity index (χ1v) is 11.5. The molecular formula is C24H25N3O5S. The van der Waals surface area contributed by atoms with Crippen molar-refractivity contribution in [2.45, 2.75) is 18.7 Å². The van der Waals surface area contributed by atoms with Crippen LogP contribution in [0.5, 0.6) is 0 Å². The monoisotopic (exact) mass is 467 g/mol. The van der Waals surface area contributed by atoms with E-state index in [0.29, 0.717) is 22.6 Å². The van der Waals surface area contributed by atoms with Crippen LogP contribution in [0.4, 0.5) is 21.9 Å². The summed E-state index contributed by atoms with van der Waals surface area (Å²) < 4.78 is 32.9. The third-order valence-electron chi connectivity index (χ3n) is 5.03. The van der Waals surface area contributed by atoms with Crippen molar-refractivity contribution in [2.75, 3.05) is 29.1 Å². The summed E-state index contributed by atoms with van der Waals surface area (Å²) in [4.78, 5) is 25.8. The molecular weight excluding hydrogens is 442 g/mol. The lowest BCUT2D eigenvalue weighted by Gasteiger charge is -2.16. The summed E-state index contributed by atoms with van der Waals surface area (Å²) in [6.07, 6.45) is -0.514. The first-order chi connectivity index (χ1) is 15.6. The predicted molar refractivity (Wildman–Crippen MR) is 128 cm³/mol. The van der Waals surface area contributed by atoms with Gasteiger partial charge in [-0.15, -0.1) is 0 Å². The fourth-order valence-electron chi connectivity index (χ4n) is 3.06. The summed E-state index contributed by atoms with van der Waals surface area (Å²) in [5.74, 6) is -0.450. The summed E-state index contributed by atoms with van der Waals surface area (Å²) in [7, 11) is -1.02. The van der Waals surface area contributed by atoms with Crippen molar-refractivity contribution in [3.63, 3.8) is 0 Å². The minimum atomic E-state index is -3.88. The summed E-state index contributed by atoms with van der Waals surface area (Å²) in [5.41, 5.74) is 3.39. The van der Waals surface area contributed by atoms with Crippen molar-refractivity contribution in [1.29, 1.82) is 0 Å². The first-order valence-electron chi connectivity index (χ1n) is 10.0. The van der Waals surface area contributed by atoms with Gasteiger partial charge in [0.2, 0.25) is 0 Å². The molecule has 8 nitrogen and oxygen atoms in total. The smallest absolute Gasteiger partial charge is 0.413 e. The summed E-state index contributed by atoms with van der Waals surface area (Å²) >= 11 is 0. The number of nitrogens with zero attached hydrogens (tertiary/aromatic N) is 1. The average molecular weight is 468 g/mol. The number of carbonyl (C=O) groups excluding carboxylic acids is 2. The van der Waals surface area contributed by atoms with Crippen molar-refractivity contribution in [3.05, 3.63) is 83.4 Å². The number of amides is 2. The van der Waals surface area contributed by atoms with Gasteiger partial charge >= 0.3 is 6.09 Å². The zero-order chi connectivity index (χ0) is 24.2. The molecule has 0 aliphatic carbocycles. The Balaban J connectivity index is 1.79. The molecule has 0 fully saturated rings. The third-order valence-corrected chi connectivity index (χ3v) is 6.41. The topological polar surface area (TPSA) is 105 Å². The van der Waals surface area contributed by atoms with Gasteiger partial charge < -0.3 is 10.1 Å². The van der Waals surface area contributed by atoms with Gasteiger partial charge in [-0.05, 0) is 67.9 Å². The second kappa shape index (κ2) is 9.74. The van der Waals surface area contributed by atoms with Gasteiger partial charge in [-0.25, -0.2) is 13.2 Å². The van der Waals surface area contributed by atoms with Crippen molar-refractivity contribution in [2.24, 2.45) is 0 Å².